The quantitative estimate of drug-likeness (QED) is 0.585. The molecule has 122 valence electrons. The lowest BCUT2D eigenvalue weighted by Crippen LogP contribution is -2.40. The molecule has 1 aromatic rings. The first-order valence-electron chi connectivity index (χ1n) is 9.50. The molecule has 0 aromatic heterocycles. The van der Waals surface area contributed by atoms with Gasteiger partial charge in [-0.25, -0.2) is 4.39 Å². The molecule has 0 aliphatic heterocycles. The molecule has 0 radical (unpaired) electrons. The van der Waals surface area contributed by atoms with Gasteiger partial charge in [0, 0.05) is 0 Å². The molecule has 0 atom stereocenters. The lowest BCUT2D eigenvalue weighted by molar-refractivity contribution is 0.120. The van der Waals surface area contributed by atoms with Crippen LogP contribution in [0.1, 0.15) is 83.1 Å². The Morgan fingerprint density at radius 3 is 2.18 bits per heavy atom. The van der Waals surface area contributed by atoms with Crippen LogP contribution in [0.5, 0.6) is 0 Å². The zero-order chi connectivity index (χ0) is 15.4. The van der Waals surface area contributed by atoms with Crippen LogP contribution in [0.4, 0.5) is 4.39 Å². The van der Waals surface area contributed by atoms with Crippen molar-refractivity contribution in [2.75, 3.05) is 0 Å². The maximum Gasteiger partial charge on any atom is 0.123 e. The Morgan fingerprint density at radius 2 is 1.59 bits per heavy atom. The molecule has 2 saturated carbocycles. The van der Waals surface area contributed by atoms with Crippen molar-refractivity contribution in [3.63, 3.8) is 0 Å². The van der Waals surface area contributed by atoms with Gasteiger partial charge in [-0.2, -0.15) is 0 Å². The van der Waals surface area contributed by atoms with Crippen LogP contribution in [-0.4, -0.2) is 0 Å². The largest absolute Gasteiger partial charge is 0.207 e. The molecule has 0 N–H and O–H groups in total. The van der Waals surface area contributed by atoms with Gasteiger partial charge in [0.25, 0.3) is 0 Å². The number of hydrogen-bond acceptors (Lipinski definition) is 0. The summed E-state index contributed by atoms with van der Waals surface area (Å²) in [5, 5.41) is 0. The Hall–Kier alpha value is -0.850. The lowest BCUT2D eigenvalue weighted by atomic mass is 9.57. The molecule has 0 nitrogen and oxygen atoms in total. The van der Waals surface area contributed by atoms with Crippen LogP contribution in [0, 0.1) is 17.7 Å². The van der Waals surface area contributed by atoms with Crippen LogP contribution in [0.15, 0.2) is 24.3 Å². The van der Waals surface area contributed by atoms with E-state index in [0.29, 0.717) is 5.41 Å². The van der Waals surface area contributed by atoms with Gasteiger partial charge in [-0.05, 0) is 73.5 Å². The molecule has 3 rings (SSSR count). The Bertz CT molecular complexity index is 447. The third kappa shape index (κ3) is 3.24. The van der Waals surface area contributed by atoms with Crippen molar-refractivity contribution in [2.24, 2.45) is 11.8 Å². The summed E-state index contributed by atoms with van der Waals surface area (Å²) in [5.41, 5.74) is 1.77. The highest BCUT2D eigenvalue weighted by Crippen LogP contribution is 2.51. The Labute approximate surface area is 135 Å². The maximum atomic E-state index is 13.4. The number of rotatable bonds is 4. The van der Waals surface area contributed by atoms with E-state index >= 15 is 0 Å². The first kappa shape index (κ1) is 16.0. The first-order chi connectivity index (χ1) is 10.7. The third-order valence-corrected chi connectivity index (χ3v) is 6.50. The average molecular weight is 302 g/mol. The molecule has 0 saturated heterocycles. The molecule has 0 amide bonds. The zero-order valence-corrected chi connectivity index (χ0v) is 14.1. The van der Waals surface area contributed by atoms with Crippen LogP contribution in [0.3, 0.4) is 0 Å². The van der Waals surface area contributed by atoms with Gasteiger partial charge in [-0.15, -0.1) is 0 Å². The average Bonchev–Trinajstić information content (AvgIpc) is 2.58. The van der Waals surface area contributed by atoms with Gasteiger partial charge in [0.2, 0.25) is 0 Å². The molecule has 2 aliphatic rings. The Morgan fingerprint density at radius 1 is 0.955 bits per heavy atom. The van der Waals surface area contributed by atoms with Gasteiger partial charge in [0.05, 0.1) is 0 Å². The minimum absolute atomic E-state index is 0.0952. The number of hydrogen-bond donors (Lipinski definition) is 0. The minimum Gasteiger partial charge on any atom is -0.207 e. The molecular formula is C21H31F. The topological polar surface area (TPSA) is 0 Å². The second-order valence-electron chi connectivity index (χ2n) is 7.73. The molecule has 0 heterocycles. The highest BCUT2D eigenvalue weighted by atomic mass is 19.1. The van der Waals surface area contributed by atoms with Gasteiger partial charge in [-0.1, -0.05) is 51.2 Å². The van der Waals surface area contributed by atoms with E-state index in [9.17, 15) is 4.39 Å². The SMILES string of the molecule is CCC[C@H]1CC[C@](c2ccc(F)cc2)(C2CCCCC2)CC1. The molecule has 1 aromatic carbocycles. The lowest BCUT2D eigenvalue weighted by Gasteiger charge is -2.48. The van der Waals surface area contributed by atoms with E-state index in [1.54, 1.807) is 12.1 Å². The van der Waals surface area contributed by atoms with Gasteiger partial charge in [-0.3, -0.25) is 0 Å². The van der Waals surface area contributed by atoms with Crippen LogP contribution in [-0.2, 0) is 5.41 Å². The van der Waals surface area contributed by atoms with E-state index in [-0.39, 0.29) is 5.82 Å². The normalized spacial score (nSPS) is 30.4. The molecular weight excluding hydrogens is 271 g/mol. The smallest absolute Gasteiger partial charge is 0.123 e. The van der Waals surface area contributed by atoms with Crippen LogP contribution >= 0.6 is 0 Å². The fraction of sp³-hybridized carbons (Fsp3) is 0.714. The zero-order valence-electron chi connectivity index (χ0n) is 14.1. The van der Waals surface area contributed by atoms with Crippen molar-refractivity contribution < 1.29 is 4.39 Å². The summed E-state index contributed by atoms with van der Waals surface area (Å²) in [5.74, 6) is 1.67. The molecule has 2 fully saturated rings. The second-order valence-corrected chi connectivity index (χ2v) is 7.73. The van der Waals surface area contributed by atoms with E-state index in [1.807, 2.05) is 0 Å². The summed E-state index contributed by atoms with van der Waals surface area (Å²) >= 11 is 0. The van der Waals surface area contributed by atoms with Crippen LogP contribution in [0.2, 0.25) is 0 Å². The minimum atomic E-state index is -0.0952. The summed E-state index contributed by atoms with van der Waals surface area (Å²) in [6.07, 6.45) is 15.1. The summed E-state index contributed by atoms with van der Waals surface area (Å²) in [4.78, 5) is 0. The monoisotopic (exact) mass is 302 g/mol. The maximum absolute atomic E-state index is 13.4. The van der Waals surface area contributed by atoms with Gasteiger partial charge in [0.15, 0.2) is 0 Å². The first-order valence-corrected chi connectivity index (χ1v) is 9.50. The fourth-order valence-electron chi connectivity index (χ4n) is 5.26. The summed E-state index contributed by atoms with van der Waals surface area (Å²) in [7, 11) is 0. The number of halogens is 1. The molecule has 2 aliphatic carbocycles. The molecule has 22 heavy (non-hydrogen) atoms. The van der Waals surface area contributed by atoms with E-state index in [0.717, 1.165) is 11.8 Å². The van der Waals surface area contributed by atoms with Crippen molar-refractivity contribution in [2.45, 2.75) is 83.0 Å². The van der Waals surface area contributed by atoms with E-state index < -0.39 is 0 Å². The predicted molar refractivity (Wildman–Crippen MR) is 91.5 cm³/mol. The Kier molecular flexibility index (Phi) is 5.21. The van der Waals surface area contributed by atoms with Gasteiger partial charge >= 0.3 is 0 Å². The van der Waals surface area contributed by atoms with Crippen molar-refractivity contribution >= 4 is 0 Å². The van der Waals surface area contributed by atoms with Crippen molar-refractivity contribution in [1.29, 1.82) is 0 Å². The summed E-state index contributed by atoms with van der Waals surface area (Å²) in [6.45, 7) is 2.31. The highest BCUT2D eigenvalue weighted by molar-refractivity contribution is 5.28. The van der Waals surface area contributed by atoms with Crippen LogP contribution < -0.4 is 0 Å². The van der Waals surface area contributed by atoms with Crippen LogP contribution in [0.25, 0.3) is 0 Å². The summed E-state index contributed by atoms with van der Waals surface area (Å²) in [6, 6.07) is 7.53. The predicted octanol–water partition coefficient (Wildman–Crippen LogP) is 6.63. The van der Waals surface area contributed by atoms with Crippen molar-refractivity contribution in [3.8, 4) is 0 Å². The standard InChI is InChI=1S/C21H31F/c1-2-6-17-13-15-21(16-14-17,18-7-4-3-5-8-18)19-9-11-20(22)12-10-19/h9-12,17-18H,2-8,13-16H2,1H3/t17-,21+. The highest BCUT2D eigenvalue weighted by Gasteiger charge is 2.42. The fourth-order valence-corrected chi connectivity index (χ4v) is 5.26. The molecule has 0 unspecified atom stereocenters. The van der Waals surface area contributed by atoms with E-state index in [1.165, 1.54) is 76.2 Å². The van der Waals surface area contributed by atoms with Gasteiger partial charge < -0.3 is 0 Å². The number of benzene rings is 1. The second kappa shape index (κ2) is 7.15. The Balaban J connectivity index is 1.84. The van der Waals surface area contributed by atoms with Gasteiger partial charge in [0.1, 0.15) is 5.82 Å². The van der Waals surface area contributed by atoms with Crippen molar-refractivity contribution in [1.82, 2.24) is 0 Å². The van der Waals surface area contributed by atoms with Crippen molar-refractivity contribution in [3.05, 3.63) is 35.6 Å². The molecule has 1 heteroatoms. The molecule has 0 spiro atoms. The summed E-state index contributed by atoms with van der Waals surface area (Å²) < 4.78 is 13.4. The third-order valence-electron chi connectivity index (χ3n) is 6.50. The van der Waals surface area contributed by atoms with E-state index in [2.05, 4.69) is 19.1 Å². The molecule has 0 bridgehead atoms. The van der Waals surface area contributed by atoms with E-state index in [4.69, 9.17) is 0 Å².